The summed E-state index contributed by atoms with van der Waals surface area (Å²) in [5.41, 5.74) is 2.15. The largest absolute Gasteiger partial charge is 0.868 e. The number of rotatable bonds is 4. The van der Waals surface area contributed by atoms with Gasteiger partial charge in [0.25, 0.3) is 5.69 Å². The highest BCUT2D eigenvalue weighted by Gasteiger charge is 2.21. The predicted octanol–water partition coefficient (Wildman–Crippen LogP) is 3.90. The normalized spacial score (nSPS) is 17.3. The van der Waals surface area contributed by atoms with E-state index in [-0.39, 0.29) is 5.78 Å². The molecule has 0 bridgehead atoms. The molecule has 2 aromatic carbocycles. The highest BCUT2D eigenvalue weighted by atomic mass is 16.6. The Morgan fingerprint density at radius 3 is 2.33 bits per heavy atom. The molecule has 6 nitrogen and oxygen atoms in total. The van der Waals surface area contributed by atoms with Crippen molar-refractivity contribution in [1.82, 2.24) is 0 Å². The summed E-state index contributed by atoms with van der Waals surface area (Å²) in [5, 5.41) is 22.5. The Labute approximate surface area is 156 Å². The monoisotopic (exact) mass is 364 g/mol. The number of Topliss-reactive ketones (excluding diaryl/α,β-unsaturated/α-hetero) is 1. The minimum atomic E-state index is -0.707. The summed E-state index contributed by atoms with van der Waals surface area (Å²) >= 11 is 0. The lowest BCUT2D eigenvalue weighted by molar-refractivity contribution is -0.398. The van der Waals surface area contributed by atoms with Crippen LogP contribution in [-0.4, -0.2) is 17.8 Å². The van der Waals surface area contributed by atoms with Crippen LogP contribution in [0, 0.1) is 10.1 Å². The van der Waals surface area contributed by atoms with Gasteiger partial charge in [0, 0.05) is 17.2 Å². The Hall–Kier alpha value is -3.41. The Bertz CT molecular complexity index is 959. The first-order chi connectivity index (χ1) is 13.0. The van der Waals surface area contributed by atoms with E-state index in [2.05, 4.69) is 0 Å². The van der Waals surface area contributed by atoms with Gasteiger partial charge in [0.05, 0.1) is 12.0 Å². The van der Waals surface area contributed by atoms with E-state index in [1.54, 1.807) is 13.2 Å². The third-order valence-corrected chi connectivity index (χ3v) is 4.43. The van der Waals surface area contributed by atoms with Gasteiger partial charge in [-0.2, -0.15) is 0 Å². The Morgan fingerprint density at radius 2 is 1.70 bits per heavy atom. The van der Waals surface area contributed by atoms with Crippen molar-refractivity contribution in [3.05, 3.63) is 74.9 Å². The summed E-state index contributed by atoms with van der Waals surface area (Å²) in [6.45, 7) is 0. The van der Waals surface area contributed by atoms with Crippen LogP contribution in [0.2, 0.25) is 0 Å². The third kappa shape index (κ3) is 4.23. The number of hydrogen-bond acceptors (Lipinski definition) is 5. The van der Waals surface area contributed by atoms with Crippen LogP contribution in [0.25, 0.3) is 12.2 Å². The molecular weight excluding hydrogens is 346 g/mol. The smallest absolute Gasteiger partial charge is 0.262 e. The maximum absolute atomic E-state index is 12.8. The highest BCUT2D eigenvalue weighted by molar-refractivity contribution is 6.14. The molecule has 0 saturated heterocycles. The fourth-order valence-corrected chi connectivity index (χ4v) is 3.08. The summed E-state index contributed by atoms with van der Waals surface area (Å²) < 4.78 is 5.21. The Kier molecular flexibility index (Phi) is 5.35. The van der Waals surface area contributed by atoms with Gasteiger partial charge in [-0.25, -0.2) is 0 Å². The first kappa shape index (κ1) is 18.4. The number of carbonyl (C=O) groups excluding carboxylic acids is 1. The van der Waals surface area contributed by atoms with Crippen molar-refractivity contribution >= 4 is 23.6 Å². The molecular formula is C21H18NO5-. The van der Waals surface area contributed by atoms with Crippen molar-refractivity contribution in [2.24, 2.45) is 0 Å². The van der Waals surface area contributed by atoms with Gasteiger partial charge in [0.15, 0.2) is 5.78 Å². The standard InChI is InChI=1S/C21H19NO5/c1-27-18-7-2-4-14(12-18)10-16-5-3-6-17(21(16)24)11-15-8-9-20(23)19(13-15)22(25)26/h2,4,7-13,23H,3,5-6H2,1H3/p-1/b16-10+,17-11+. The molecule has 0 aromatic heterocycles. The van der Waals surface area contributed by atoms with Crippen molar-refractivity contribution in [2.75, 3.05) is 7.11 Å². The SMILES string of the molecule is COc1cccc(/C=C2\CCC/C(=C\c3ccc([O-])c([N+](=O)[O-])c3)C2=O)c1. The second kappa shape index (κ2) is 7.86. The zero-order chi connectivity index (χ0) is 19.4. The first-order valence-electron chi connectivity index (χ1n) is 8.53. The molecule has 0 radical (unpaired) electrons. The fourth-order valence-electron chi connectivity index (χ4n) is 3.08. The zero-order valence-corrected chi connectivity index (χ0v) is 14.8. The molecule has 27 heavy (non-hydrogen) atoms. The molecule has 2 aromatic rings. The van der Waals surface area contributed by atoms with Gasteiger partial charge in [-0.1, -0.05) is 24.3 Å². The number of hydrogen-bond donors (Lipinski definition) is 0. The van der Waals surface area contributed by atoms with Crippen LogP contribution in [0.15, 0.2) is 53.6 Å². The van der Waals surface area contributed by atoms with Crippen LogP contribution in [0.3, 0.4) is 0 Å². The van der Waals surface area contributed by atoms with Gasteiger partial charge in [0.1, 0.15) is 5.75 Å². The predicted molar refractivity (Wildman–Crippen MR) is 100 cm³/mol. The molecule has 1 aliphatic carbocycles. The van der Waals surface area contributed by atoms with Crippen molar-refractivity contribution in [1.29, 1.82) is 0 Å². The third-order valence-electron chi connectivity index (χ3n) is 4.43. The van der Waals surface area contributed by atoms with E-state index in [1.165, 1.54) is 12.1 Å². The second-order valence-corrected chi connectivity index (χ2v) is 6.28. The van der Waals surface area contributed by atoms with Crippen LogP contribution in [0.1, 0.15) is 30.4 Å². The average molecular weight is 364 g/mol. The van der Waals surface area contributed by atoms with E-state index in [1.807, 2.05) is 30.3 Å². The molecule has 0 unspecified atom stereocenters. The molecule has 3 rings (SSSR count). The molecule has 0 spiro atoms. The molecule has 6 heteroatoms. The van der Waals surface area contributed by atoms with Gasteiger partial charge in [-0.3, -0.25) is 14.9 Å². The van der Waals surface area contributed by atoms with Crippen molar-refractivity contribution < 1.29 is 19.6 Å². The van der Waals surface area contributed by atoms with Crippen molar-refractivity contribution in [3.63, 3.8) is 0 Å². The van der Waals surface area contributed by atoms with Crippen LogP contribution in [0.5, 0.6) is 11.5 Å². The van der Waals surface area contributed by atoms with Crippen LogP contribution in [-0.2, 0) is 4.79 Å². The molecule has 0 heterocycles. The van der Waals surface area contributed by atoms with Crippen LogP contribution < -0.4 is 9.84 Å². The molecule has 1 aliphatic rings. The summed E-state index contributed by atoms with van der Waals surface area (Å²) in [4.78, 5) is 23.0. The van der Waals surface area contributed by atoms with Crippen LogP contribution in [0.4, 0.5) is 5.69 Å². The fraction of sp³-hybridized carbons (Fsp3) is 0.190. The van der Waals surface area contributed by atoms with Gasteiger partial charge in [-0.15, -0.1) is 0 Å². The lowest BCUT2D eigenvalue weighted by Gasteiger charge is -2.17. The number of benzene rings is 2. The van der Waals surface area contributed by atoms with E-state index < -0.39 is 16.4 Å². The number of nitro benzene ring substituents is 1. The van der Waals surface area contributed by atoms with E-state index in [0.29, 0.717) is 35.3 Å². The van der Waals surface area contributed by atoms with Gasteiger partial charge < -0.3 is 9.84 Å². The minimum Gasteiger partial charge on any atom is -0.868 e. The molecule has 0 amide bonds. The van der Waals surface area contributed by atoms with E-state index in [4.69, 9.17) is 4.74 Å². The molecule has 138 valence electrons. The zero-order valence-electron chi connectivity index (χ0n) is 14.8. The number of ketones is 1. The minimum absolute atomic E-state index is 0.0714. The second-order valence-electron chi connectivity index (χ2n) is 6.28. The molecule has 1 saturated carbocycles. The van der Waals surface area contributed by atoms with Crippen LogP contribution >= 0.6 is 0 Å². The maximum atomic E-state index is 12.8. The number of allylic oxidation sites excluding steroid dienone is 2. The lowest BCUT2D eigenvalue weighted by Crippen LogP contribution is -2.12. The number of nitrogens with zero attached hydrogens (tertiary/aromatic N) is 1. The number of ether oxygens (including phenoxy) is 1. The van der Waals surface area contributed by atoms with Gasteiger partial charge in [0.2, 0.25) is 0 Å². The highest BCUT2D eigenvalue weighted by Crippen LogP contribution is 2.30. The maximum Gasteiger partial charge on any atom is 0.262 e. The molecule has 0 aliphatic heterocycles. The van der Waals surface area contributed by atoms with Gasteiger partial charge >= 0.3 is 0 Å². The van der Waals surface area contributed by atoms with E-state index >= 15 is 0 Å². The lowest BCUT2D eigenvalue weighted by atomic mass is 9.87. The topological polar surface area (TPSA) is 92.5 Å². The first-order valence-corrected chi connectivity index (χ1v) is 8.53. The van der Waals surface area contributed by atoms with E-state index in [0.717, 1.165) is 18.1 Å². The number of nitro groups is 1. The summed E-state index contributed by atoms with van der Waals surface area (Å²) in [7, 11) is 1.59. The number of carbonyl (C=O) groups is 1. The Morgan fingerprint density at radius 1 is 1.04 bits per heavy atom. The Balaban J connectivity index is 1.90. The number of methoxy groups -OCH3 is 1. The van der Waals surface area contributed by atoms with Crippen molar-refractivity contribution in [2.45, 2.75) is 19.3 Å². The van der Waals surface area contributed by atoms with Gasteiger partial charge in [-0.05, 0) is 60.4 Å². The summed E-state index contributed by atoms with van der Waals surface area (Å²) in [6.07, 6.45) is 5.57. The average Bonchev–Trinajstić information content (AvgIpc) is 2.66. The quantitative estimate of drug-likeness (QED) is 0.466. The van der Waals surface area contributed by atoms with Crippen molar-refractivity contribution in [3.8, 4) is 11.5 Å². The van der Waals surface area contributed by atoms with E-state index in [9.17, 15) is 20.0 Å². The molecule has 1 fully saturated rings. The summed E-state index contributed by atoms with van der Waals surface area (Å²) in [6, 6.07) is 11.3. The molecule has 0 N–H and O–H groups in total. The molecule has 0 atom stereocenters. The summed E-state index contributed by atoms with van der Waals surface area (Å²) in [5.74, 6) is 0.00189.